The van der Waals surface area contributed by atoms with Crippen LogP contribution in [0.5, 0.6) is 40.2 Å². The van der Waals surface area contributed by atoms with Crippen LogP contribution in [0, 0.1) is 0 Å². The lowest BCUT2D eigenvalue weighted by molar-refractivity contribution is -0.357. The predicted octanol–water partition coefficient (Wildman–Crippen LogP) is -1.05. The van der Waals surface area contributed by atoms with E-state index in [1.165, 1.54) is 86.0 Å². The largest absolute Gasteiger partial charge is 0.510 e. The van der Waals surface area contributed by atoms with Crippen LogP contribution >= 0.6 is 0 Å². The normalized spacial score (nSPS) is 27.9. The minimum Gasteiger partial charge on any atom is -0.508 e. The summed E-state index contributed by atoms with van der Waals surface area (Å²) in [5.41, 5.74) is -0.156. The van der Waals surface area contributed by atoms with Crippen LogP contribution in [0.15, 0.2) is 100 Å². The number of aromatic hydroxyl groups is 4. The van der Waals surface area contributed by atoms with Crippen molar-refractivity contribution in [2.45, 2.75) is 98.5 Å². The van der Waals surface area contributed by atoms with Gasteiger partial charge in [-0.25, -0.2) is 4.79 Å². The first-order valence-corrected chi connectivity index (χ1v) is 25.3. The van der Waals surface area contributed by atoms with Crippen LogP contribution in [0.25, 0.3) is 34.8 Å². The smallest absolute Gasteiger partial charge is 0.508 e. The van der Waals surface area contributed by atoms with Crippen molar-refractivity contribution in [3.8, 4) is 62.9 Å². The van der Waals surface area contributed by atoms with Crippen molar-refractivity contribution in [1.82, 2.24) is 0 Å². The van der Waals surface area contributed by atoms with E-state index in [1.54, 1.807) is 0 Å². The van der Waals surface area contributed by atoms with Crippen molar-refractivity contribution in [3.63, 3.8) is 0 Å². The second-order valence-electron chi connectivity index (χ2n) is 19.1. The van der Waals surface area contributed by atoms with Gasteiger partial charge in [-0.05, 0) is 77.9 Å². The van der Waals surface area contributed by atoms with Gasteiger partial charge in [-0.1, -0.05) is 12.1 Å². The summed E-state index contributed by atoms with van der Waals surface area (Å²) in [4.78, 5) is 59.9. The number of phenolic OH excluding ortho intramolecular Hbond substituents is 4. The summed E-state index contributed by atoms with van der Waals surface area (Å²) in [7, 11) is 1.31. The molecule has 0 saturated carbocycles. The molecule has 84 heavy (non-hydrogen) atoms. The number of benzene rings is 4. The summed E-state index contributed by atoms with van der Waals surface area (Å²) in [6.07, 6.45) is -26.1. The Labute approximate surface area is 473 Å². The fourth-order valence-corrected chi connectivity index (χ4v) is 8.72. The number of carboxylic acids is 1. The molecule has 1 aliphatic carbocycles. The Morgan fingerprint density at radius 2 is 1.14 bits per heavy atom. The molecule has 0 radical (unpaired) electrons. The van der Waals surface area contributed by atoms with E-state index in [2.05, 4.69) is 0 Å². The van der Waals surface area contributed by atoms with Gasteiger partial charge in [-0.2, -0.15) is 0 Å². The number of rotatable bonds is 20. The summed E-state index contributed by atoms with van der Waals surface area (Å²) < 4.78 is 63.0. The minimum atomic E-state index is -2.18. The monoisotopic (exact) mass is 1180 g/mol. The third-order valence-corrected chi connectivity index (χ3v) is 13.2. The van der Waals surface area contributed by atoms with E-state index in [1.807, 2.05) is 0 Å². The maximum atomic E-state index is 13.3. The first-order chi connectivity index (χ1) is 40.0. The van der Waals surface area contributed by atoms with Crippen LogP contribution in [-0.4, -0.2) is 214 Å². The number of hydrogen-bond acceptors (Lipinski definition) is 27. The number of ether oxygens (including phenoxy) is 10. The third kappa shape index (κ3) is 14.7. The number of carbonyl (C=O) groups excluding carboxylic acids is 3. The number of carbonyl (C=O) groups is 3. The fraction of sp³-hybridized carbons (Fsp3) is 0.364. The standard InChI is InChI=1S/C55H56O29/c1-74-34-15-24(3-11-30(34)59)5-13-41(64)76-21-38-45(68)48(71)52(84-54-50(73)47(70)43(66)36(82-54)20-75-40(63)12-4-23-2-10-29(58)31(60)14-23)55(83-38)80-35-18-28-32(78-51(35)25-6-8-26(56)9-7-25)16-27(57)17-33(28)79-53-49(72)46(69)44(67)37(81-53)22-77-42(65)19-39(61)62/h2-18,36-38,43-50,52-56,58-60,66-73H,19-22H2,1H3,(H,61,62)/p+1/t36-,37-,38-,43-,44-,45-,46+,47+,48+,49-,50-,52-,53-,54+,55-/m1/s1. The van der Waals surface area contributed by atoms with Gasteiger partial charge in [0.05, 0.1) is 18.7 Å². The summed E-state index contributed by atoms with van der Waals surface area (Å²) in [5.74, 6) is -7.16. The number of hydrogen-bond donors (Lipinski definition) is 13. The SMILES string of the molecule is COc1cc(C=CC(=O)OC[C@H]2O[C@@H](Oc3cc4c(O[C@@H]5O[C@H](COC(=O)CC(=O)O)[C@@H](O)[C@H](O)[C@H]5O)cc(=O)cc-4oc3-c3ccc(O)cc3)[C@H](O[C@@H]3O[C@H](COC(=[OH+])C=Cc4ccc(O)c(O)c4)[C@@H](O)[C@H](O)[C@H]3O)[C@@H](O)[C@@H]2O)ccc1O. The average Bonchev–Trinajstić information content (AvgIpc) is 3.18. The Morgan fingerprint density at radius 1 is 0.571 bits per heavy atom. The van der Waals surface area contributed by atoms with E-state index in [-0.39, 0.29) is 39.9 Å². The molecule has 14 N–H and O–H groups in total. The van der Waals surface area contributed by atoms with Gasteiger partial charge < -0.3 is 123 Å². The number of aliphatic hydroxyl groups excluding tert-OH is 8. The zero-order chi connectivity index (χ0) is 60.7. The first-order valence-electron chi connectivity index (χ1n) is 25.3. The van der Waals surface area contributed by atoms with Gasteiger partial charge in [0, 0.05) is 23.8 Å². The van der Waals surface area contributed by atoms with E-state index in [9.17, 15) is 85.3 Å². The molecule has 450 valence electrons. The molecule has 5 aliphatic rings. The lowest BCUT2D eigenvalue weighted by Gasteiger charge is -2.45. The molecule has 0 aromatic heterocycles. The quantitative estimate of drug-likeness (QED) is 0.0110. The summed E-state index contributed by atoms with van der Waals surface area (Å²) in [6.45, 7) is -2.40. The second kappa shape index (κ2) is 26.9. The van der Waals surface area contributed by atoms with Crippen LogP contribution in [0.2, 0.25) is 0 Å². The number of aliphatic carboxylic acids is 1. The molecule has 29 nitrogen and oxygen atoms in total. The fourth-order valence-electron chi connectivity index (χ4n) is 8.72. The van der Waals surface area contributed by atoms with Gasteiger partial charge in [0.1, 0.15) is 104 Å². The Morgan fingerprint density at radius 3 is 1.80 bits per heavy atom. The molecule has 29 heteroatoms. The zero-order valence-corrected chi connectivity index (χ0v) is 43.7. The topological polar surface area (TPSA) is 458 Å². The number of methoxy groups -OCH3 is 1. The molecular formula is C55H57O29+. The minimum absolute atomic E-state index is 0.0919. The summed E-state index contributed by atoms with van der Waals surface area (Å²) >= 11 is 0. The van der Waals surface area contributed by atoms with Crippen molar-refractivity contribution in [2.24, 2.45) is 0 Å². The van der Waals surface area contributed by atoms with Crippen LogP contribution < -0.4 is 19.6 Å². The highest BCUT2D eigenvalue weighted by Crippen LogP contribution is 2.44. The predicted molar refractivity (Wildman–Crippen MR) is 278 cm³/mol. The molecule has 4 aliphatic heterocycles. The van der Waals surface area contributed by atoms with E-state index in [4.69, 9.17) is 56.9 Å². The molecule has 3 saturated heterocycles. The van der Waals surface area contributed by atoms with Gasteiger partial charge in [0.15, 0.2) is 52.3 Å². The maximum Gasteiger partial charge on any atom is 0.510 e. The number of phenols is 4. The Hall–Kier alpha value is -8.43. The van der Waals surface area contributed by atoms with Crippen molar-refractivity contribution in [1.29, 1.82) is 0 Å². The van der Waals surface area contributed by atoms with Crippen LogP contribution in [-0.2, 0) is 47.5 Å². The molecule has 4 heterocycles. The Kier molecular flexibility index (Phi) is 19.7. The van der Waals surface area contributed by atoms with Crippen LogP contribution in [0.1, 0.15) is 17.5 Å². The lowest BCUT2D eigenvalue weighted by Crippen LogP contribution is -2.65. The number of aliphatic hydroxyl groups is 8. The zero-order valence-electron chi connectivity index (χ0n) is 43.7. The average molecular weight is 1180 g/mol. The van der Waals surface area contributed by atoms with Gasteiger partial charge in [0.25, 0.3) is 0 Å². The number of esters is 3. The van der Waals surface area contributed by atoms with Crippen LogP contribution in [0.4, 0.5) is 0 Å². The van der Waals surface area contributed by atoms with E-state index in [0.717, 1.165) is 24.3 Å². The molecule has 15 atom stereocenters. The molecule has 3 aromatic carbocycles. The highest BCUT2D eigenvalue weighted by Gasteiger charge is 2.53. The molecule has 3 aromatic rings. The lowest BCUT2D eigenvalue weighted by atomic mass is 9.97. The molecule has 0 amide bonds. The van der Waals surface area contributed by atoms with Gasteiger partial charge in [0.2, 0.25) is 19.2 Å². The highest BCUT2D eigenvalue weighted by atomic mass is 16.8. The molecule has 0 unspecified atom stereocenters. The van der Waals surface area contributed by atoms with Crippen molar-refractivity contribution in [2.75, 3.05) is 26.9 Å². The van der Waals surface area contributed by atoms with E-state index in [0.29, 0.717) is 11.1 Å². The van der Waals surface area contributed by atoms with Crippen molar-refractivity contribution in [3.05, 3.63) is 112 Å². The summed E-state index contributed by atoms with van der Waals surface area (Å²) in [5, 5.41) is 138. The van der Waals surface area contributed by atoms with Crippen LogP contribution in [0.3, 0.4) is 0 Å². The maximum absolute atomic E-state index is 13.3. The molecule has 0 spiro atoms. The van der Waals surface area contributed by atoms with E-state index < -0.39 is 171 Å². The summed E-state index contributed by atoms with van der Waals surface area (Å²) in [6, 6.07) is 16.1. The van der Waals surface area contributed by atoms with Gasteiger partial charge in [-0.3, -0.25) is 14.4 Å². The van der Waals surface area contributed by atoms with Gasteiger partial charge in [-0.15, -0.1) is 0 Å². The third-order valence-electron chi connectivity index (χ3n) is 13.2. The molecular weight excluding hydrogens is 1120 g/mol. The molecule has 8 rings (SSSR count). The second-order valence-corrected chi connectivity index (χ2v) is 19.1. The Bertz CT molecular complexity index is 3230. The highest BCUT2D eigenvalue weighted by molar-refractivity contribution is 5.90. The van der Waals surface area contributed by atoms with Crippen molar-refractivity contribution >= 4 is 36.0 Å². The Balaban J connectivity index is 1.12. The first kappa shape index (κ1) is 61.6. The van der Waals surface area contributed by atoms with E-state index >= 15 is 0 Å². The molecule has 3 fully saturated rings. The molecule has 0 bridgehead atoms. The number of fused-ring (bicyclic) bond motifs is 1. The van der Waals surface area contributed by atoms with Gasteiger partial charge >= 0.3 is 23.9 Å². The number of carboxylic acid groups (broad SMARTS) is 1. The van der Waals surface area contributed by atoms with Crippen molar-refractivity contribution < 1.29 is 137 Å².